The molecule has 0 bridgehead atoms. The van der Waals surface area contributed by atoms with Crippen LogP contribution in [0.4, 0.5) is 0 Å². The van der Waals surface area contributed by atoms with E-state index in [0.717, 1.165) is 16.5 Å². The van der Waals surface area contributed by atoms with Crippen molar-refractivity contribution in [1.82, 2.24) is 5.32 Å². The number of aryl methyl sites for hydroxylation is 1. The van der Waals surface area contributed by atoms with Crippen molar-refractivity contribution in [2.75, 3.05) is 6.61 Å². The summed E-state index contributed by atoms with van der Waals surface area (Å²) < 4.78 is 16.3. The first-order valence-corrected chi connectivity index (χ1v) is 9.10. The van der Waals surface area contributed by atoms with Crippen LogP contribution in [-0.2, 0) is 14.3 Å². The predicted molar refractivity (Wildman–Crippen MR) is 105 cm³/mol. The quantitative estimate of drug-likeness (QED) is 0.628. The third-order valence-corrected chi connectivity index (χ3v) is 4.23. The molecule has 0 saturated heterocycles. The molecule has 6 heteroatoms. The molecule has 1 N–H and O–H groups in total. The molecular formula is C22H23NO5. The molecule has 28 heavy (non-hydrogen) atoms. The molecular weight excluding hydrogens is 358 g/mol. The van der Waals surface area contributed by atoms with Gasteiger partial charge in [-0.1, -0.05) is 30.3 Å². The van der Waals surface area contributed by atoms with Crippen molar-refractivity contribution in [1.29, 1.82) is 0 Å². The van der Waals surface area contributed by atoms with Crippen LogP contribution in [0, 0.1) is 6.92 Å². The fourth-order valence-electron chi connectivity index (χ4n) is 2.77. The minimum absolute atomic E-state index is 0.348. The van der Waals surface area contributed by atoms with Gasteiger partial charge in [0.15, 0.2) is 12.7 Å². The highest BCUT2D eigenvalue weighted by molar-refractivity contribution is 5.82. The number of rotatable bonds is 7. The Morgan fingerprint density at radius 1 is 1.07 bits per heavy atom. The van der Waals surface area contributed by atoms with Crippen LogP contribution in [0.25, 0.3) is 11.0 Å². The van der Waals surface area contributed by atoms with Crippen molar-refractivity contribution in [3.63, 3.8) is 0 Å². The molecule has 0 aliphatic rings. The second-order valence-electron chi connectivity index (χ2n) is 6.66. The van der Waals surface area contributed by atoms with Crippen molar-refractivity contribution in [2.24, 2.45) is 0 Å². The molecule has 0 aliphatic heterocycles. The molecule has 0 saturated carbocycles. The lowest BCUT2D eigenvalue weighted by molar-refractivity contribution is -0.154. The summed E-state index contributed by atoms with van der Waals surface area (Å²) in [6.45, 7) is 4.94. The van der Waals surface area contributed by atoms with Crippen LogP contribution in [0.15, 0.2) is 59.0 Å². The van der Waals surface area contributed by atoms with Crippen molar-refractivity contribution in [2.45, 2.75) is 32.9 Å². The van der Waals surface area contributed by atoms with E-state index in [1.165, 1.54) is 0 Å². The van der Waals surface area contributed by atoms with E-state index in [-0.39, 0.29) is 12.6 Å². The fraction of sp³-hybridized carbons (Fsp3) is 0.273. The van der Waals surface area contributed by atoms with Gasteiger partial charge in [0.1, 0.15) is 17.1 Å². The van der Waals surface area contributed by atoms with Gasteiger partial charge in [-0.3, -0.25) is 4.79 Å². The summed E-state index contributed by atoms with van der Waals surface area (Å²) in [5.74, 6) is 0.196. The number of fused-ring (bicyclic) bond motifs is 1. The van der Waals surface area contributed by atoms with Crippen LogP contribution in [0.2, 0.25) is 0 Å². The van der Waals surface area contributed by atoms with E-state index in [4.69, 9.17) is 13.9 Å². The Hall–Kier alpha value is -3.28. The average Bonchev–Trinajstić information content (AvgIpc) is 3.10. The normalized spacial score (nSPS) is 13.0. The third-order valence-electron chi connectivity index (χ3n) is 4.23. The van der Waals surface area contributed by atoms with E-state index in [2.05, 4.69) is 5.32 Å². The molecule has 0 unspecified atom stereocenters. The van der Waals surface area contributed by atoms with Crippen LogP contribution in [0.3, 0.4) is 0 Å². The number of amides is 1. The van der Waals surface area contributed by atoms with E-state index in [0.29, 0.717) is 11.5 Å². The molecule has 0 fully saturated rings. The van der Waals surface area contributed by atoms with E-state index < -0.39 is 18.0 Å². The summed E-state index contributed by atoms with van der Waals surface area (Å²) in [7, 11) is 0. The van der Waals surface area contributed by atoms with Crippen molar-refractivity contribution < 1.29 is 23.5 Å². The molecule has 1 amide bonds. The van der Waals surface area contributed by atoms with Crippen molar-refractivity contribution in [3.8, 4) is 5.75 Å². The first-order valence-electron chi connectivity index (χ1n) is 9.10. The van der Waals surface area contributed by atoms with Gasteiger partial charge >= 0.3 is 5.97 Å². The first-order chi connectivity index (χ1) is 13.4. The molecule has 0 radical (unpaired) electrons. The molecule has 2 atom stereocenters. The average molecular weight is 381 g/mol. The summed E-state index contributed by atoms with van der Waals surface area (Å²) in [4.78, 5) is 24.2. The molecule has 1 heterocycles. The molecule has 3 rings (SSSR count). The Labute approximate surface area is 163 Å². The third kappa shape index (κ3) is 4.91. The molecule has 3 aromatic rings. The molecule has 2 aromatic carbocycles. The van der Waals surface area contributed by atoms with Gasteiger partial charge in [0.25, 0.3) is 5.91 Å². The molecule has 1 aromatic heterocycles. The van der Waals surface area contributed by atoms with E-state index in [1.54, 1.807) is 19.9 Å². The van der Waals surface area contributed by atoms with Crippen LogP contribution in [0.5, 0.6) is 5.75 Å². The SMILES string of the molecule is Cc1cccc(O[C@@H](C)C(=O)OCC(=O)N[C@H](C)c2cc3ccccc3o2)c1. The Balaban J connectivity index is 1.48. The van der Waals surface area contributed by atoms with Gasteiger partial charge in [0, 0.05) is 5.39 Å². The number of benzene rings is 2. The predicted octanol–water partition coefficient (Wildman–Crippen LogP) is 3.93. The summed E-state index contributed by atoms with van der Waals surface area (Å²) in [6.07, 6.45) is -0.817. The number of furan rings is 1. The van der Waals surface area contributed by atoms with Crippen LogP contribution < -0.4 is 10.1 Å². The maximum absolute atomic E-state index is 12.1. The topological polar surface area (TPSA) is 77.8 Å². The monoisotopic (exact) mass is 381 g/mol. The summed E-state index contributed by atoms with van der Waals surface area (Å²) >= 11 is 0. The summed E-state index contributed by atoms with van der Waals surface area (Å²) in [5.41, 5.74) is 1.78. The van der Waals surface area contributed by atoms with Gasteiger partial charge in [0.2, 0.25) is 0 Å². The van der Waals surface area contributed by atoms with Gasteiger partial charge in [0.05, 0.1) is 6.04 Å². The lowest BCUT2D eigenvalue weighted by atomic mass is 10.2. The second-order valence-corrected chi connectivity index (χ2v) is 6.66. The molecule has 6 nitrogen and oxygen atoms in total. The number of carbonyl (C=O) groups excluding carboxylic acids is 2. The number of para-hydroxylation sites is 1. The smallest absolute Gasteiger partial charge is 0.347 e. The molecule has 146 valence electrons. The van der Waals surface area contributed by atoms with Gasteiger partial charge in [-0.15, -0.1) is 0 Å². The van der Waals surface area contributed by atoms with Crippen molar-refractivity contribution >= 4 is 22.8 Å². The Bertz CT molecular complexity index is 945. The number of hydrogen-bond donors (Lipinski definition) is 1. The zero-order valence-electron chi connectivity index (χ0n) is 16.1. The van der Waals surface area contributed by atoms with E-state index in [1.807, 2.05) is 55.5 Å². The standard InChI is InChI=1S/C22H23NO5/c1-14-7-6-9-18(11-14)27-16(3)22(25)26-13-21(24)23-15(2)20-12-17-8-4-5-10-19(17)28-20/h4-12,15-16H,13H2,1-3H3,(H,23,24)/t15-,16+/m1/s1. The largest absolute Gasteiger partial charge is 0.479 e. The first kappa shape index (κ1) is 19.5. The number of nitrogens with one attached hydrogen (secondary N) is 1. The van der Waals surface area contributed by atoms with Gasteiger partial charge < -0.3 is 19.2 Å². The highest BCUT2D eigenvalue weighted by atomic mass is 16.6. The number of carbonyl (C=O) groups is 2. The van der Waals surface area contributed by atoms with Crippen molar-refractivity contribution in [3.05, 3.63) is 65.9 Å². The maximum Gasteiger partial charge on any atom is 0.347 e. The second kappa shape index (κ2) is 8.61. The van der Waals surface area contributed by atoms with Crippen LogP contribution in [-0.4, -0.2) is 24.6 Å². The van der Waals surface area contributed by atoms with Gasteiger partial charge in [-0.2, -0.15) is 0 Å². The minimum atomic E-state index is -0.817. The maximum atomic E-state index is 12.1. The number of ether oxygens (including phenoxy) is 2. The Morgan fingerprint density at radius 3 is 2.61 bits per heavy atom. The van der Waals surface area contributed by atoms with Crippen LogP contribution >= 0.6 is 0 Å². The zero-order valence-corrected chi connectivity index (χ0v) is 16.1. The molecule has 0 spiro atoms. The Kier molecular flexibility index (Phi) is 5.99. The molecule has 0 aliphatic carbocycles. The van der Waals surface area contributed by atoms with Gasteiger partial charge in [-0.05, 0) is 50.6 Å². The summed E-state index contributed by atoms with van der Waals surface area (Å²) in [6, 6.07) is 16.5. The van der Waals surface area contributed by atoms with E-state index in [9.17, 15) is 9.59 Å². The highest BCUT2D eigenvalue weighted by Gasteiger charge is 2.19. The highest BCUT2D eigenvalue weighted by Crippen LogP contribution is 2.23. The zero-order chi connectivity index (χ0) is 20.1. The lowest BCUT2D eigenvalue weighted by Crippen LogP contribution is -2.34. The lowest BCUT2D eigenvalue weighted by Gasteiger charge is -2.15. The Morgan fingerprint density at radius 2 is 1.86 bits per heavy atom. The number of hydrogen-bond acceptors (Lipinski definition) is 5. The fourth-order valence-corrected chi connectivity index (χ4v) is 2.77. The number of esters is 1. The van der Waals surface area contributed by atoms with E-state index >= 15 is 0 Å². The van der Waals surface area contributed by atoms with Crippen LogP contribution in [0.1, 0.15) is 31.2 Å². The minimum Gasteiger partial charge on any atom is -0.479 e. The van der Waals surface area contributed by atoms with Gasteiger partial charge in [-0.25, -0.2) is 4.79 Å². The summed E-state index contributed by atoms with van der Waals surface area (Å²) in [5, 5.41) is 3.72.